The highest BCUT2D eigenvalue weighted by atomic mass is 127. The van der Waals surface area contributed by atoms with Crippen LogP contribution in [0, 0.1) is 0 Å². The largest absolute Gasteiger partial charge is 0.331 e. The molecule has 0 unspecified atom stereocenters. The lowest BCUT2D eigenvalue weighted by atomic mass is 9.83. The molecule has 21 heavy (non-hydrogen) atoms. The molecule has 0 aromatic carbocycles. The van der Waals surface area contributed by atoms with Gasteiger partial charge in [0.1, 0.15) is 23.0 Å². The Morgan fingerprint density at radius 1 is 1.24 bits per heavy atom. The van der Waals surface area contributed by atoms with E-state index in [9.17, 15) is 4.79 Å². The molecule has 6 nitrogen and oxygen atoms in total. The Balaban J connectivity index is 2.01. The van der Waals surface area contributed by atoms with Gasteiger partial charge >= 0.3 is 6.03 Å². The van der Waals surface area contributed by atoms with E-state index >= 15 is 0 Å². The first-order chi connectivity index (χ1) is 9.98. The number of halogens is 1. The van der Waals surface area contributed by atoms with Gasteiger partial charge in [-0.15, -0.1) is 0 Å². The molecule has 2 saturated heterocycles. The number of carbonyl (C=O) groups excluding carboxylic acids is 1. The van der Waals surface area contributed by atoms with Crippen molar-refractivity contribution in [3.63, 3.8) is 0 Å². The van der Waals surface area contributed by atoms with E-state index in [0.29, 0.717) is 0 Å². The monoisotopic (exact) mass is 410 g/mol. The van der Waals surface area contributed by atoms with Gasteiger partial charge in [0.05, 0.1) is 6.61 Å². The first-order valence-electron chi connectivity index (χ1n) is 7.62. The summed E-state index contributed by atoms with van der Waals surface area (Å²) in [5.41, 5.74) is 0.214. The Labute approximate surface area is 142 Å². The average Bonchev–Trinajstić information content (AvgIpc) is 2.46. The number of carbonyl (C=O) groups is 1. The summed E-state index contributed by atoms with van der Waals surface area (Å²) in [4.78, 5) is 20.8. The summed E-state index contributed by atoms with van der Waals surface area (Å²) in [7, 11) is 5.85. The maximum absolute atomic E-state index is 12.1. The summed E-state index contributed by atoms with van der Waals surface area (Å²) in [6.45, 7) is 6.77. The van der Waals surface area contributed by atoms with Crippen LogP contribution in [-0.2, 0) is 3.07 Å². The van der Waals surface area contributed by atoms with Gasteiger partial charge in [-0.25, -0.2) is 4.79 Å². The number of piperazine rings is 1. The van der Waals surface area contributed by atoms with Gasteiger partial charge < -0.3 is 17.8 Å². The molecule has 122 valence electrons. The Morgan fingerprint density at radius 3 is 2.48 bits per heavy atom. The molecule has 0 aliphatic carbocycles. The summed E-state index contributed by atoms with van der Waals surface area (Å²) >= 11 is 1.97. The molecule has 2 amide bonds. The van der Waals surface area contributed by atoms with Crippen LogP contribution < -0.4 is 0 Å². The van der Waals surface area contributed by atoms with E-state index < -0.39 is 0 Å². The van der Waals surface area contributed by atoms with Crippen LogP contribution in [0.1, 0.15) is 12.8 Å². The standard InChI is InChI=1S/C14H27IN4O2/c1-16(2)13(20)18-6-4-14(5-7-18)12-17(3)8-9-19(14)10-11-21-15/h4-12H2,1-3H3. The molecule has 0 aromatic heterocycles. The Morgan fingerprint density at radius 2 is 1.90 bits per heavy atom. The van der Waals surface area contributed by atoms with Crippen LogP contribution >= 0.6 is 23.0 Å². The Bertz CT molecular complexity index is 357. The molecule has 2 aliphatic rings. The van der Waals surface area contributed by atoms with Crippen molar-refractivity contribution in [1.29, 1.82) is 0 Å². The fraction of sp³-hybridized carbons (Fsp3) is 0.929. The maximum Gasteiger partial charge on any atom is 0.319 e. The minimum absolute atomic E-state index is 0.135. The van der Waals surface area contributed by atoms with Crippen LogP contribution in [0.15, 0.2) is 0 Å². The van der Waals surface area contributed by atoms with Crippen LogP contribution in [-0.4, -0.2) is 98.2 Å². The minimum atomic E-state index is 0.135. The molecular formula is C14H27IN4O2. The maximum atomic E-state index is 12.1. The highest BCUT2D eigenvalue weighted by molar-refractivity contribution is 14.1. The molecule has 2 fully saturated rings. The fourth-order valence-corrected chi connectivity index (χ4v) is 3.77. The van der Waals surface area contributed by atoms with Gasteiger partial charge in [0.2, 0.25) is 0 Å². The van der Waals surface area contributed by atoms with Crippen LogP contribution in [0.5, 0.6) is 0 Å². The predicted molar refractivity (Wildman–Crippen MR) is 91.7 cm³/mol. The summed E-state index contributed by atoms with van der Waals surface area (Å²) in [5.74, 6) is 0. The van der Waals surface area contributed by atoms with Crippen molar-refractivity contribution < 1.29 is 7.86 Å². The minimum Gasteiger partial charge on any atom is -0.331 e. The van der Waals surface area contributed by atoms with Crippen molar-refractivity contribution in [2.45, 2.75) is 18.4 Å². The van der Waals surface area contributed by atoms with Gasteiger partial charge in [-0.2, -0.15) is 0 Å². The van der Waals surface area contributed by atoms with Gasteiger partial charge in [-0.1, -0.05) is 0 Å². The molecule has 2 heterocycles. The lowest BCUT2D eigenvalue weighted by Gasteiger charge is -2.53. The number of amides is 2. The van der Waals surface area contributed by atoms with Gasteiger partial charge in [-0.05, 0) is 19.9 Å². The molecule has 7 heteroatoms. The Hall–Kier alpha value is -0.120. The van der Waals surface area contributed by atoms with E-state index in [4.69, 9.17) is 3.07 Å². The van der Waals surface area contributed by atoms with E-state index in [2.05, 4.69) is 16.8 Å². The average molecular weight is 410 g/mol. The molecule has 0 bridgehead atoms. The lowest BCUT2D eigenvalue weighted by molar-refractivity contribution is -0.0333. The van der Waals surface area contributed by atoms with Gasteiger partial charge in [0.25, 0.3) is 0 Å². The number of rotatable bonds is 3. The van der Waals surface area contributed by atoms with Crippen molar-refractivity contribution in [3.05, 3.63) is 0 Å². The summed E-state index contributed by atoms with van der Waals surface area (Å²) in [5, 5.41) is 0. The second-order valence-corrected chi connectivity index (χ2v) is 7.05. The molecule has 0 N–H and O–H groups in total. The van der Waals surface area contributed by atoms with Crippen molar-refractivity contribution >= 4 is 29.0 Å². The van der Waals surface area contributed by atoms with E-state index in [0.717, 1.165) is 58.7 Å². The molecular weight excluding hydrogens is 383 g/mol. The zero-order chi connectivity index (χ0) is 15.5. The molecule has 0 saturated carbocycles. The summed E-state index contributed by atoms with van der Waals surface area (Å²) in [6.07, 6.45) is 2.11. The first kappa shape index (κ1) is 17.2. The van der Waals surface area contributed by atoms with Gasteiger partial charge in [-0.3, -0.25) is 4.90 Å². The van der Waals surface area contributed by atoms with Crippen molar-refractivity contribution in [3.8, 4) is 0 Å². The van der Waals surface area contributed by atoms with Gasteiger partial charge in [0, 0.05) is 58.9 Å². The van der Waals surface area contributed by atoms with E-state index in [-0.39, 0.29) is 11.6 Å². The smallest absolute Gasteiger partial charge is 0.319 e. The van der Waals surface area contributed by atoms with Crippen LogP contribution in [0.25, 0.3) is 0 Å². The molecule has 0 atom stereocenters. The zero-order valence-corrected chi connectivity index (χ0v) is 15.5. The molecule has 1 spiro atoms. The highest BCUT2D eigenvalue weighted by Gasteiger charge is 2.43. The molecule has 2 aliphatic heterocycles. The third-order valence-electron chi connectivity index (χ3n) is 4.77. The summed E-state index contributed by atoms with van der Waals surface area (Å²) < 4.78 is 5.24. The molecule has 0 radical (unpaired) electrons. The first-order valence-corrected chi connectivity index (χ1v) is 8.50. The number of nitrogens with zero attached hydrogens (tertiary/aromatic N) is 4. The topological polar surface area (TPSA) is 39.3 Å². The Kier molecular flexibility index (Phi) is 6.10. The van der Waals surface area contributed by atoms with Crippen LogP contribution in [0.4, 0.5) is 4.79 Å². The second-order valence-electron chi connectivity index (χ2n) is 6.43. The zero-order valence-electron chi connectivity index (χ0n) is 13.3. The SMILES string of the molecule is CN1CCN(CCOI)C2(CCN(C(=O)N(C)C)CC2)C1. The van der Waals surface area contributed by atoms with E-state index in [1.165, 1.54) is 0 Å². The van der Waals surface area contributed by atoms with Crippen molar-refractivity contribution in [2.75, 3.05) is 67.0 Å². The van der Waals surface area contributed by atoms with Crippen LogP contribution in [0.2, 0.25) is 0 Å². The van der Waals surface area contributed by atoms with E-state index in [1.54, 1.807) is 4.90 Å². The fourth-order valence-electron chi connectivity index (χ4n) is 3.58. The van der Waals surface area contributed by atoms with Crippen molar-refractivity contribution in [2.24, 2.45) is 0 Å². The number of likely N-dealkylation sites (tertiary alicyclic amines) is 1. The third-order valence-corrected chi connectivity index (χ3v) is 5.21. The molecule has 2 rings (SSSR count). The van der Waals surface area contributed by atoms with Crippen molar-refractivity contribution in [1.82, 2.24) is 19.6 Å². The molecule has 0 aromatic rings. The third kappa shape index (κ3) is 4.00. The quantitative estimate of drug-likeness (QED) is 0.654. The summed E-state index contributed by atoms with van der Waals surface area (Å²) in [6, 6.07) is 0.135. The van der Waals surface area contributed by atoms with Crippen LogP contribution in [0.3, 0.4) is 0 Å². The highest BCUT2D eigenvalue weighted by Crippen LogP contribution is 2.32. The number of urea groups is 1. The van der Waals surface area contributed by atoms with Gasteiger partial charge in [0.15, 0.2) is 0 Å². The lowest BCUT2D eigenvalue weighted by Crippen LogP contribution is -2.66. The van der Waals surface area contributed by atoms with E-state index in [1.807, 2.05) is 42.0 Å². The number of likely N-dealkylation sites (N-methyl/N-ethyl adjacent to an activating group) is 1. The normalized spacial score (nSPS) is 23.5. The number of piperidine rings is 1. The second kappa shape index (κ2) is 7.43. The number of hydrogen-bond acceptors (Lipinski definition) is 4. The number of hydrogen-bond donors (Lipinski definition) is 0. The predicted octanol–water partition coefficient (Wildman–Crippen LogP) is 1.12.